The molecule has 2 heterocycles. The molecule has 0 spiro atoms. The van der Waals surface area contributed by atoms with E-state index in [1.54, 1.807) is 6.07 Å². The van der Waals surface area contributed by atoms with Crippen LogP contribution in [0.25, 0.3) is 11.0 Å². The number of hydrogen-bond acceptors (Lipinski definition) is 5. The molecule has 0 amide bonds. The Labute approximate surface area is 153 Å². The highest BCUT2D eigenvalue weighted by atomic mass is 16.4. The molecule has 1 aromatic carbocycles. The van der Waals surface area contributed by atoms with Gasteiger partial charge in [-0.05, 0) is 72.8 Å². The van der Waals surface area contributed by atoms with E-state index in [1.165, 1.54) is 5.56 Å². The number of benzene rings is 1. The van der Waals surface area contributed by atoms with Gasteiger partial charge in [0.05, 0.1) is 0 Å². The van der Waals surface area contributed by atoms with E-state index in [9.17, 15) is 15.0 Å². The fraction of sp³-hybridized carbons (Fsp3) is 0.571. The van der Waals surface area contributed by atoms with Gasteiger partial charge in [-0.15, -0.1) is 0 Å². The Morgan fingerprint density at radius 1 is 1.12 bits per heavy atom. The van der Waals surface area contributed by atoms with Gasteiger partial charge >= 0.3 is 5.63 Å². The Morgan fingerprint density at radius 2 is 1.88 bits per heavy atom. The van der Waals surface area contributed by atoms with Gasteiger partial charge in [-0.25, -0.2) is 4.79 Å². The Bertz CT molecular complexity index is 874. The van der Waals surface area contributed by atoms with Gasteiger partial charge in [0, 0.05) is 44.3 Å². The number of rotatable bonds is 4. The number of hydrogen-bond donors (Lipinski definition) is 2. The topological polar surface area (TPSA) is 73.9 Å². The predicted molar refractivity (Wildman–Crippen MR) is 100.0 cm³/mol. The fourth-order valence-electron chi connectivity index (χ4n) is 5.11. The van der Waals surface area contributed by atoms with E-state index in [4.69, 9.17) is 4.42 Å². The summed E-state index contributed by atoms with van der Waals surface area (Å²) in [5, 5.41) is 20.3. The molecule has 4 rings (SSSR count). The molecular formula is C21H27NO4. The van der Waals surface area contributed by atoms with E-state index in [2.05, 4.69) is 17.9 Å². The Morgan fingerprint density at radius 3 is 2.62 bits per heavy atom. The number of likely N-dealkylation sites (tertiary alicyclic amines) is 1. The number of aliphatic hydroxyl groups is 2. The second-order valence-electron chi connectivity index (χ2n) is 8.17. The molecule has 1 aliphatic heterocycles. The van der Waals surface area contributed by atoms with Gasteiger partial charge in [0.2, 0.25) is 0 Å². The van der Waals surface area contributed by atoms with Crippen LogP contribution >= 0.6 is 0 Å². The molecule has 0 radical (unpaired) electrons. The van der Waals surface area contributed by atoms with Crippen LogP contribution in [-0.2, 0) is 6.54 Å². The summed E-state index contributed by atoms with van der Waals surface area (Å²) in [6, 6.07) is 5.67. The summed E-state index contributed by atoms with van der Waals surface area (Å²) in [6.45, 7) is 7.01. The first-order valence-corrected chi connectivity index (χ1v) is 9.48. The lowest BCUT2D eigenvalue weighted by Gasteiger charge is -2.23. The van der Waals surface area contributed by atoms with Crippen LogP contribution in [-0.4, -0.2) is 41.4 Å². The standard InChI is InChI=1S/C21H27NO4/c1-12-3-17-15(6-21(25)26-20(17)4-13(12)2)8-22-7-14-5-16(10-23)19(11-24)18(14)9-22/h3-4,6,14,16,18-19,23-24H,5,7-11H2,1-2H3/t14-,16+,18+,19-/m0/s1. The lowest BCUT2D eigenvalue weighted by atomic mass is 9.89. The van der Waals surface area contributed by atoms with Crippen molar-refractivity contribution in [3.8, 4) is 0 Å². The van der Waals surface area contributed by atoms with Crippen LogP contribution in [0.5, 0.6) is 0 Å². The number of aliphatic hydroxyl groups excluding tert-OH is 2. The number of nitrogens with zero attached hydrogens (tertiary/aromatic N) is 1. The molecule has 0 bridgehead atoms. The van der Waals surface area contributed by atoms with Crippen LogP contribution in [0.1, 0.15) is 23.1 Å². The minimum atomic E-state index is -0.302. The molecule has 1 saturated heterocycles. The average molecular weight is 357 g/mol. The molecule has 5 nitrogen and oxygen atoms in total. The summed E-state index contributed by atoms with van der Waals surface area (Å²) >= 11 is 0. The van der Waals surface area contributed by atoms with Gasteiger partial charge in [-0.2, -0.15) is 0 Å². The molecule has 1 saturated carbocycles. The highest BCUT2D eigenvalue weighted by Gasteiger charge is 2.47. The van der Waals surface area contributed by atoms with Crippen molar-refractivity contribution in [1.82, 2.24) is 4.90 Å². The van der Waals surface area contributed by atoms with E-state index in [0.29, 0.717) is 17.4 Å². The van der Waals surface area contributed by atoms with Crippen LogP contribution in [0, 0.1) is 37.5 Å². The zero-order valence-corrected chi connectivity index (χ0v) is 15.4. The third-order valence-electron chi connectivity index (χ3n) is 6.61. The second-order valence-corrected chi connectivity index (χ2v) is 8.17. The van der Waals surface area contributed by atoms with E-state index in [1.807, 2.05) is 13.0 Å². The molecule has 2 aromatic rings. The first-order valence-electron chi connectivity index (χ1n) is 9.48. The zero-order valence-electron chi connectivity index (χ0n) is 15.4. The third kappa shape index (κ3) is 2.98. The summed E-state index contributed by atoms with van der Waals surface area (Å²) in [7, 11) is 0. The maximum absolute atomic E-state index is 12.0. The minimum Gasteiger partial charge on any atom is -0.423 e. The van der Waals surface area contributed by atoms with Crippen LogP contribution in [0.3, 0.4) is 0 Å². The molecule has 0 unspecified atom stereocenters. The third-order valence-corrected chi connectivity index (χ3v) is 6.61. The van der Waals surface area contributed by atoms with Gasteiger partial charge in [-0.3, -0.25) is 4.90 Å². The summed E-state index contributed by atoms with van der Waals surface area (Å²) in [4.78, 5) is 14.4. The van der Waals surface area contributed by atoms with Crippen molar-refractivity contribution in [1.29, 1.82) is 0 Å². The minimum absolute atomic E-state index is 0.149. The molecule has 26 heavy (non-hydrogen) atoms. The van der Waals surface area contributed by atoms with Crippen LogP contribution in [0.15, 0.2) is 27.4 Å². The molecule has 5 heteroatoms. The monoisotopic (exact) mass is 357 g/mol. The van der Waals surface area contributed by atoms with Crippen molar-refractivity contribution < 1.29 is 14.6 Å². The maximum Gasteiger partial charge on any atom is 0.336 e. The van der Waals surface area contributed by atoms with Gasteiger partial charge in [-0.1, -0.05) is 0 Å². The highest BCUT2D eigenvalue weighted by Crippen LogP contribution is 2.46. The van der Waals surface area contributed by atoms with E-state index < -0.39 is 0 Å². The Balaban J connectivity index is 1.59. The molecule has 1 aromatic heterocycles. The van der Waals surface area contributed by atoms with Crippen molar-refractivity contribution in [3.05, 3.63) is 45.3 Å². The average Bonchev–Trinajstić information content (AvgIpc) is 3.12. The molecule has 140 valence electrons. The second kappa shape index (κ2) is 6.80. The zero-order chi connectivity index (χ0) is 18.4. The van der Waals surface area contributed by atoms with Gasteiger partial charge < -0.3 is 14.6 Å². The molecule has 2 N–H and O–H groups in total. The van der Waals surface area contributed by atoms with Crippen LogP contribution in [0.2, 0.25) is 0 Å². The summed E-state index contributed by atoms with van der Waals surface area (Å²) < 4.78 is 5.41. The van der Waals surface area contributed by atoms with Crippen LogP contribution < -0.4 is 5.63 Å². The Hall–Kier alpha value is -1.69. The lowest BCUT2D eigenvalue weighted by Crippen LogP contribution is -2.28. The van der Waals surface area contributed by atoms with Crippen molar-refractivity contribution in [2.24, 2.45) is 23.7 Å². The number of aryl methyl sites for hydroxylation is 2. The van der Waals surface area contributed by atoms with Gasteiger partial charge in [0.25, 0.3) is 0 Å². The molecule has 1 aliphatic carbocycles. The fourth-order valence-corrected chi connectivity index (χ4v) is 5.11. The van der Waals surface area contributed by atoms with E-state index in [-0.39, 0.29) is 30.7 Å². The lowest BCUT2D eigenvalue weighted by molar-refractivity contribution is 0.111. The van der Waals surface area contributed by atoms with Crippen molar-refractivity contribution in [2.75, 3.05) is 26.3 Å². The SMILES string of the molecule is Cc1cc2oc(=O)cc(CN3C[C@@H]4C[C@H](CO)[C@H](CO)[C@@H]4C3)c2cc1C. The maximum atomic E-state index is 12.0. The first-order chi connectivity index (χ1) is 12.5. The largest absolute Gasteiger partial charge is 0.423 e. The summed E-state index contributed by atoms with van der Waals surface area (Å²) in [5.41, 5.74) is 3.68. The smallest absolute Gasteiger partial charge is 0.336 e. The van der Waals surface area contributed by atoms with Gasteiger partial charge in [0.1, 0.15) is 5.58 Å². The molecule has 2 fully saturated rings. The van der Waals surface area contributed by atoms with Gasteiger partial charge in [0.15, 0.2) is 0 Å². The van der Waals surface area contributed by atoms with E-state index in [0.717, 1.165) is 42.6 Å². The Kier molecular flexibility index (Phi) is 4.63. The summed E-state index contributed by atoms with van der Waals surface area (Å²) in [6.07, 6.45) is 0.985. The van der Waals surface area contributed by atoms with Crippen LogP contribution in [0.4, 0.5) is 0 Å². The quantitative estimate of drug-likeness (QED) is 0.820. The predicted octanol–water partition coefficient (Wildman–Crippen LogP) is 2.08. The summed E-state index contributed by atoms with van der Waals surface area (Å²) in [5.74, 6) is 1.39. The molecular weight excluding hydrogens is 330 g/mol. The van der Waals surface area contributed by atoms with E-state index >= 15 is 0 Å². The first kappa shape index (κ1) is 17.7. The van der Waals surface area contributed by atoms with Crippen molar-refractivity contribution in [3.63, 3.8) is 0 Å². The number of fused-ring (bicyclic) bond motifs is 2. The normalized spacial score (nSPS) is 28.8. The van der Waals surface area contributed by atoms with Crippen molar-refractivity contribution >= 4 is 11.0 Å². The van der Waals surface area contributed by atoms with Crippen molar-refractivity contribution in [2.45, 2.75) is 26.8 Å². The molecule has 4 atom stereocenters. The molecule has 2 aliphatic rings. The highest BCUT2D eigenvalue weighted by molar-refractivity contribution is 5.81.